The summed E-state index contributed by atoms with van der Waals surface area (Å²) in [5.74, 6) is 0. The van der Waals surface area contributed by atoms with Gasteiger partial charge in [-0.1, -0.05) is 0 Å². The van der Waals surface area contributed by atoms with E-state index < -0.39 is 139 Å². The van der Waals surface area contributed by atoms with E-state index in [4.69, 9.17) is 71.7 Å². The van der Waals surface area contributed by atoms with E-state index in [1.165, 1.54) is 0 Å². The molecule has 0 aliphatic rings. The Bertz CT molecular complexity index is 249. The minimum absolute atomic E-state index is 0. The van der Waals surface area contributed by atoms with Gasteiger partial charge in [-0.15, -0.1) is 0 Å². The molecule has 0 heterocycles. The third kappa shape index (κ3) is 748. The van der Waals surface area contributed by atoms with Gasteiger partial charge in [-0.3, -0.25) is 0 Å². The van der Waals surface area contributed by atoms with E-state index >= 15 is 0 Å². The molecule has 18 nitrogen and oxygen atoms in total. The monoisotopic (exact) mass is 1640 g/mol. The molecular weight excluding hydrogens is 1630 g/mol. The van der Waals surface area contributed by atoms with E-state index in [-0.39, 0.29) is 1420 Å². The van der Waals surface area contributed by atoms with Crippen LogP contribution in [0.4, 0.5) is 0 Å². The van der Waals surface area contributed by atoms with Gasteiger partial charge in [-0.25, -0.2) is 0 Å². The van der Waals surface area contributed by atoms with Crippen LogP contribution in [0.3, 0.4) is 0 Å². The molecule has 144 valence electrons. The minimum atomic E-state index is -1.50. The molecule has 0 fully saturated rings. The van der Waals surface area contributed by atoms with Crippen LogP contribution >= 0.6 is 0 Å². The van der Waals surface area contributed by atoms with E-state index in [9.17, 15) is 0 Å². The maximum atomic E-state index is 8.57. The molecule has 0 aromatic heterocycles. The number of hydrogen-bond donors (Lipinski definition) is 9. The van der Waals surface area contributed by atoms with Crippen LogP contribution in [0, 0.1) is 0 Å². The number of hydrogen-bond acceptors (Lipinski definition) is 9. The van der Waals surface area contributed by atoms with Crippen molar-refractivity contribution >= 4 is 139 Å². The average Bonchev–Trinajstić information content (AvgIpc) is 2.53. The molecule has 75 heavy (non-hydrogen) atoms. The van der Waals surface area contributed by atoms with Crippen molar-refractivity contribution in [1.29, 1.82) is 0 Å². The topological polar surface area (TPSA) is 336 Å². The van der Waals surface area contributed by atoms with Crippen LogP contribution in [-0.4, -0.2) is 177 Å². The zero-order valence-electron chi connectivity index (χ0n) is 60.9. The zero-order chi connectivity index (χ0) is 24.4. The summed E-state index contributed by atoms with van der Waals surface area (Å²) in [6.45, 7) is 0. The van der Waals surface area contributed by atoms with Crippen molar-refractivity contribution in [2.75, 3.05) is 0 Å². The van der Waals surface area contributed by atoms with Gasteiger partial charge in [0.25, 0.3) is 0 Å². The quantitative estimate of drug-likeness (QED) is 0.102. The van der Waals surface area contributed by atoms with Crippen LogP contribution in [0.5, 0.6) is 0 Å². The normalized spacial score (nSPS) is 0.960. The molecule has 0 radical (unpaired) electrons. The van der Waals surface area contributed by atoms with Crippen molar-refractivity contribution in [1.82, 2.24) is 0 Å². The summed E-state index contributed by atoms with van der Waals surface area (Å²) in [7, 11) is 0. The van der Waals surface area contributed by atoms with Crippen molar-refractivity contribution in [2.45, 2.75) is 0 Å². The molecule has 0 spiro atoms. The first-order valence-corrected chi connectivity index (χ1v) is 13.3. The summed E-state index contributed by atoms with van der Waals surface area (Å²) in [6, 6.07) is 0. The summed E-state index contributed by atoms with van der Waals surface area (Å²) >= 11 is -13.5. The SMILES string of the molecule is [Na+].[Na+].[Na+].[Na+].[Na+].[Na+].[Na+].[Na+].[Na+].[Na+].[Na+].[Na+].[Na+].[Na+].[Na+].[Na+].[Na+].[Na+].[Na+].[Na+].[Na+].[Na+].[Na+].[Na+].[Na+].[Na+].[Na+].[Na+].[Na+].[Na+].[Na+].[Na+].[Na+].[Na+].[Na+].[Na+].[Na+].[Na+].[Na+].[Na+].[Na+].[Na+].[Na+].[Na+].[Na+].[Na+].[Na+].[Na+].[O]=[Al][OH].[O]=[Al][OH].[O]=[Al][OH].[O]=[Al][OH].[O]=[Al][OH].[O]=[Al][OH].[O]=[Al][OH].[O]=[Al][OH].[O]=[Al][OH]. The number of rotatable bonds is 0. The zero-order valence-corrected chi connectivity index (χ0v) is 167. The predicted octanol–water partition coefficient (Wildman–Crippen LogP) is -153. The fraction of sp³-hybridized carbons (Fsp3) is 0. The Hall–Kier alpha value is 49.2. The molecular formula is H9Al9Na48O18+48. The summed E-state index contributed by atoms with van der Waals surface area (Å²) in [5, 5.41) is 0. The first kappa shape index (κ1) is 417. The molecule has 0 aliphatic carbocycles. The van der Waals surface area contributed by atoms with E-state index in [2.05, 4.69) is 0 Å². The second-order valence-corrected chi connectivity index (χ2v) is 2.85. The van der Waals surface area contributed by atoms with Gasteiger partial charge >= 0.3 is 1630 Å². The summed E-state index contributed by atoms with van der Waals surface area (Å²) < 4.78 is 141. The van der Waals surface area contributed by atoms with Crippen molar-refractivity contribution in [2.24, 2.45) is 0 Å². The molecule has 0 aliphatic heterocycles. The molecule has 0 aromatic rings. The average molecular weight is 1640 g/mol. The van der Waals surface area contributed by atoms with Crippen LogP contribution in [0.1, 0.15) is 0 Å². The maximum absolute atomic E-state index is 8.57. The standard InChI is InChI=1S/9Al.48Na.9H2O.9O/h;;;;;;;;;;;;;;;;;;;;;;;;;;;;;;;;;;;;;;;;;;;;;;;;;;;;;;;;;9*1H2;;;;;;;;;/q57*+1;;;;;;;;;;;;;;;;;;/p-9. The van der Waals surface area contributed by atoms with Gasteiger partial charge in [0.2, 0.25) is 0 Å². The third-order valence-corrected chi connectivity index (χ3v) is 0. The molecule has 0 bridgehead atoms. The molecule has 0 unspecified atom stereocenters. The fourth-order valence-electron chi connectivity index (χ4n) is 0. The van der Waals surface area contributed by atoms with Gasteiger partial charge < -0.3 is 0 Å². The van der Waals surface area contributed by atoms with E-state index in [1.807, 2.05) is 0 Å². The van der Waals surface area contributed by atoms with Crippen LogP contribution in [0.15, 0.2) is 0 Å². The van der Waals surface area contributed by atoms with Gasteiger partial charge in [0.1, 0.15) is 0 Å². The molecule has 0 amide bonds. The molecule has 0 rings (SSSR count). The fourth-order valence-corrected chi connectivity index (χ4v) is 0. The second kappa shape index (κ2) is 543. The summed E-state index contributed by atoms with van der Waals surface area (Å²) in [6.07, 6.45) is 0. The molecule has 9 N–H and O–H groups in total. The Morgan fingerprint density at radius 3 is 0.0933 bits per heavy atom. The Labute approximate surface area is 1570 Å². The van der Waals surface area contributed by atoms with Crippen molar-refractivity contribution < 1.29 is 1490 Å². The predicted molar refractivity (Wildman–Crippen MR) is 77.9 cm³/mol. The van der Waals surface area contributed by atoms with Crippen LogP contribution in [-0.2, 0) is 34.2 Å². The molecule has 0 atom stereocenters. The van der Waals surface area contributed by atoms with Crippen molar-refractivity contribution in [3.63, 3.8) is 0 Å². The molecule has 75 heteroatoms. The Balaban J connectivity index is -0.000000000818. The molecule has 0 aromatic carbocycles. The summed E-state index contributed by atoms with van der Waals surface area (Å²) in [4.78, 5) is 0. The van der Waals surface area contributed by atoms with Crippen molar-refractivity contribution in [3.05, 3.63) is 0 Å². The molecule has 0 saturated heterocycles. The Morgan fingerprint density at radius 2 is 0.0933 bits per heavy atom. The first-order valence-electron chi connectivity index (χ1n) is 4.45. The van der Waals surface area contributed by atoms with Gasteiger partial charge in [0, 0.05) is 0 Å². The van der Waals surface area contributed by atoms with E-state index in [0.717, 1.165) is 0 Å². The Morgan fingerprint density at radius 1 is 0.0933 bits per heavy atom. The van der Waals surface area contributed by atoms with Gasteiger partial charge in [-0.2, -0.15) is 0 Å². The van der Waals surface area contributed by atoms with Gasteiger partial charge in [0.15, 0.2) is 0 Å². The Kier molecular flexibility index (Phi) is 3020. The summed E-state index contributed by atoms with van der Waals surface area (Å²) in [5.41, 5.74) is 0. The van der Waals surface area contributed by atoms with Crippen LogP contribution in [0.25, 0.3) is 0 Å². The van der Waals surface area contributed by atoms with Crippen LogP contribution < -0.4 is 1420 Å². The van der Waals surface area contributed by atoms with E-state index in [0.29, 0.717) is 0 Å². The van der Waals surface area contributed by atoms with Gasteiger partial charge in [-0.05, 0) is 0 Å². The third-order valence-electron chi connectivity index (χ3n) is 0. The second-order valence-electron chi connectivity index (χ2n) is 0.949. The van der Waals surface area contributed by atoms with Crippen LogP contribution in [0.2, 0.25) is 0 Å². The van der Waals surface area contributed by atoms with E-state index in [1.54, 1.807) is 0 Å². The van der Waals surface area contributed by atoms with Gasteiger partial charge in [0.05, 0.1) is 0 Å². The first-order chi connectivity index (χ1) is 12.7. The van der Waals surface area contributed by atoms with Crippen molar-refractivity contribution in [3.8, 4) is 0 Å². The molecule has 0 saturated carbocycles.